The Morgan fingerprint density at radius 3 is 0.829 bits per heavy atom. The summed E-state index contributed by atoms with van der Waals surface area (Å²) in [7, 11) is -3.99. The van der Waals surface area contributed by atoms with Crippen LogP contribution in [0.25, 0.3) is 0 Å². The van der Waals surface area contributed by atoms with E-state index in [1.807, 2.05) is 0 Å². The summed E-state index contributed by atoms with van der Waals surface area (Å²) in [5.41, 5.74) is 10.5. The smallest absolute Gasteiger partial charge is 0.229 e. The van der Waals surface area contributed by atoms with Gasteiger partial charge in [-0.25, -0.2) is 0 Å². The second-order valence-corrected chi connectivity index (χ2v) is 15.4. The summed E-state index contributed by atoms with van der Waals surface area (Å²) in [5.74, 6) is 0. The fourth-order valence-electron chi connectivity index (χ4n) is 4.93. The molecule has 0 aliphatic heterocycles. The fourth-order valence-corrected chi connectivity index (χ4v) is 12.7. The van der Waals surface area contributed by atoms with Crippen LogP contribution in [0.3, 0.4) is 0 Å². The highest BCUT2D eigenvalue weighted by Crippen LogP contribution is 2.12. The summed E-state index contributed by atoms with van der Waals surface area (Å²) in [6.45, 7) is 17.8. The van der Waals surface area contributed by atoms with Gasteiger partial charge >= 0.3 is 0 Å². The van der Waals surface area contributed by atoms with E-state index >= 15 is 0 Å². The maximum Gasteiger partial charge on any atom is 0.229 e. The molecular weight excluding hydrogens is 457 g/mol. The molecule has 0 unspecified atom stereocenters. The molecule has 0 saturated heterocycles. The lowest BCUT2D eigenvalue weighted by Crippen LogP contribution is -2.58. The van der Waals surface area contributed by atoms with Crippen molar-refractivity contribution in [1.82, 2.24) is 0 Å². The van der Waals surface area contributed by atoms with Gasteiger partial charge in [0, 0.05) is 0 Å². The standard InChI is InChI=1S/C32H38OSi2/c1-21-9-13-25(5)29(17-21)34(30-18-22(2)10-14-26(30)6)33-35(31-19-23(3)11-15-27(31)7)32-20-24(4)12-16-28(32)8/h9-20,34-35H,1-8H3. The average Bonchev–Trinajstić information content (AvgIpc) is 2.82. The third-order valence-corrected chi connectivity index (χ3v) is 14.1. The van der Waals surface area contributed by atoms with Gasteiger partial charge in [0.05, 0.1) is 0 Å². The van der Waals surface area contributed by atoms with Crippen LogP contribution in [0.15, 0.2) is 72.8 Å². The molecule has 0 aromatic heterocycles. The molecule has 4 aromatic rings. The largest absolute Gasteiger partial charge is 0.446 e. The van der Waals surface area contributed by atoms with E-state index in [0.717, 1.165) is 0 Å². The molecule has 0 saturated carbocycles. The van der Waals surface area contributed by atoms with E-state index in [0.29, 0.717) is 0 Å². The Bertz CT molecular complexity index is 1160. The number of hydrogen-bond acceptors (Lipinski definition) is 1. The van der Waals surface area contributed by atoms with Crippen molar-refractivity contribution in [2.75, 3.05) is 0 Å². The quantitative estimate of drug-likeness (QED) is 0.358. The minimum atomic E-state index is -1.99. The van der Waals surface area contributed by atoms with Crippen LogP contribution in [-0.4, -0.2) is 18.1 Å². The van der Waals surface area contributed by atoms with E-state index in [1.165, 1.54) is 65.3 Å². The van der Waals surface area contributed by atoms with Crippen molar-refractivity contribution in [3.63, 3.8) is 0 Å². The van der Waals surface area contributed by atoms with Gasteiger partial charge in [-0.3, -0.25) is 0 Å². The van der Waals surface area contributed by atoms with Gasteiger partial charge < -0.3 is 4.12 Å². The van der Waals surface area contributed by atoms with Crippen LogP contribution in [0.2, 0.25) is 0 Å². The fraction of sp³-hybridized carbons (Fsp3) is 0.250. The third-order valence-electron chi connectivity index (χ3n) is 7.14. The van der Waals surface area contributed by atoms with E-state index in [-0.39, 0.29) is 0 Å². The van der Waals surface area contributed by atoms with Crippen LogP contribution in [0.5, 0.6) is 0 Å². The Balaban J connectivity index is 1.97. The van der Waals surface area contributed by atoms with Gasteiger partial charge in [0.15, 0.2) is 0 Å². The van der Waals surface area contributed by atoms with Crippen molar-refractivity contribution < 1.29 is 4.12 Å². The first-order valence-corrected chi connectivity index (χ1v) is 15.8. The molecule has 4 rings (SSSR count). The summed E-state index contributed by atoms with van der Waals surface area (Å²) in [4.78, 5) is 0. The zero-order valence-electron chi connectivity index (χ0n) is 22.5. The first-order valence-electron chi connectivity index (χ1n) is 12.6. The minimum Gasteiger partial charge on any atom is -0.446 e. The van der Waals surface area contributed by atoms with Gasteiger partial charge in [-0.05, 0) is 98.4 Å². The van der Waals surface area contributed by atoms with Crippen molar-refractivity contribution in [1.29, 1.82) is 0 Å². The van der Waals surface area contributed by atoms with Gasteiger partial charge in [0.2, 0.25) is 18.1 Å². The van der Waals surface area contributed by atoms with E-state index in [2.05, 4.69) is 128 Å². The van der Waals surface area contributed by atoms with Crippen molar-refractivity contribution >= 4 is 38.8 Å². The maximum absolute atomic E-state index is 7.62. The highest BCUT2D eigenvalue weighted by atomic mass is 28.4. The summed E-state index contributed by atoms with van der Waals surface area (Å²) in [6.07, 6.45) is 0. The molecule has 0 bridgehead atoms. The zero-order valence-corrected chi connectivity index (χ0v) is 24.8. The molecule has 1 nitrogen and oxygen atoms in total. The molecule has 4 aromatic carbocycles. The second-order valence-electron chi connectivity index (χ2n) is 10.3. The molecule has 0 aliphatic carbocycles. The lowest BCUT2D eigenvalue weighted by molar-refractivity contribution is 0.632. The van der Waals surface area contributed by atoms with Crippen LogP contribution in [0, 0.1) is 55.4 Å². The normalized spacial score (nSPS) is 11.5. The maximum atomic E-state index is 7.62. The van der Waals surface area contributed by atoms with Crippen LogP contribution in [-0.2, 0) is 4.12 Å². The summed E-state index contributed by atoms with van der Waals surface area (Å²) < 4.78 is 7.62. The van der Waals surface area contributed by atoms with Gasteiger partial charge in [-0.15, -0.1) is 0 Å². The first kappa shape index (κ1) is 25.4. The molecule has 0 radical (unpaired) electrons. The monoisotopic (exact) mass is 494 g/mol. The minimum absolute atomic E-state index is 1.30. The summed E-state index contributed by atoms with van der Waals surface area (Å²) >= 11 is 0. The zero-order chi connectivity index (χ0) is 25.3. The molecule has 0 amide bonds. The Morgan fingerprint density at radius 2 is 0.600 bits per heavy atom. The van der Waals surface area contributed by atoms with Crippen LogP contribution >= 0.6 is 0 Å². The Morgan fingerprint density at radius 1 is 0.371 bits per heavy atom. The van der Waals surface area contributed by atoms with Crippen molar-refractivity contribution in [3.8, 4) is 0 Å². The lowest BCUT2D eigenvalue weighted by atomic mass is 10.2. The van der Waals surface area contributed by atoms with E-state index in [9.17, 15) is 0 Å². The average molecular weight is 495 g/mol. The molecule has 35 heavy (non-hydrogen) atoms. The predicted molar refractivity (Wildman–Crippen MR) is 158 cm³/mol. The first-order chi connectivity index (χ1) is 16.6. The molecule has 3 heteroatoms. The Labute approximate surface area is 215 Å². The molecule has 180 valence electrons. The highest BCUT2D eigenvalue weighted by molar-refractivity contribution is 6.92. The second kappa shape index (κ2) is 10.5. The van der Waals surface area contributed by atoms with E-state index < -0.39 is 18.1 Å². The number of benzene rings is 4. The Kier molecular flexibility index (Phi) is 7.60. The van der Waals surface area contributed by atoms with Crippen LogP contribution in [0.1, 0.15) is 44.5 Å². The summed E-state index contributed by atoms with van der Waals surface area (Å²) in [6, 6.07) is 27.5. The van der Waals surface area contributed by atoms with Gasteiger partial charge in [-0.2, -0.15) is 0 Å². The SMILES string of the molecule is Cc1ccc(C)c([SiH](O[SiH](c2cc(C)ccc2C)c2cc(C)ccc2C)c2cc(C)ccc2C)c1. The molecule has 0 fully saturated rings. The molecule has 0 spiro atoms. The molecule has 0 heterocycles. The molecule has 0 atom stereocenters. The number of rotatable bonds is 6. The van der Waals surface area contributed by atoms with E-state index in [1.54, 1.807) is 0 Å². The van der Waals surface area contributed by atoms with Crippen molar-refractivity contribution in [3.05, 3.63) is 117 Å². The molecular formula is C32H38OSi2. The third kappa shape index (κ3) is 5.58. The van der Waals surface area contributed by atoms with Crippen LogP contribution in [0.4, 0.5) is 0 Å². The predicted octanol–water partition coefficient (Wildman–Crippen LogP) is 4.55. The van der Waals surface area contributed by atoms with Crippen molar-refractivity contribution in [2.45, 2.75) is 55.4 Å². The number of aryl methyl sites for hydroxylation is 8. The van der Waals surface area contributed by atoms with Gasteiger partial charge in [0.25, 0.3) is 0 Å². The lowest BCUT2D eigenvalue weighted by Gasteiger charge is -2.29. The molecule has 0 N–H and O–H groups in total. The summed E-state index contributed by atoms with van der Waals surface area (Å²) in [5, 5.41) is 5.64. The van der Waals surface area contributed by atoms with Gasteiger partial charge in [-0.1, -0.05) is 95.1 Å². The number of hydrogen-bond donors (Lipinski definition) is 0. The van der Waals surface area contributed by atoms with Gasteiger partial charge in [0.1, 0.15) is 0 Å². The highest BCUT2D eigenvalue weighted by Gasteiger charge is 2.30. The van der Waals surface area contributed by atoms with E-state index in [4.69, 9.17) is 4.12 Å². The van der Waals surface area contributed by atoms with Crippen molar-refractivity contribution in [2.24, 2.45) is 0 Å². The van der Waals surface area contributed by atoms with Crippen LogP contribution < -0.4 is 20.7 Å². The Hall–Kier alpha value is -2.73. The molecule has 0 aliphatic rings. The topological polar surface area (TPSA) is 9.23 Å².